The zero-order valence-electron chi connectivity index (χ0n) is 13.2. The molecule has 1 N–H and O–H groups in total. The first-order valence-corrected chi connectivity index (χ1v) is 7.81. The zero-order chi connectivity index (χ0) is 17.2. The maximum absolute atomic E-state index is 13.6. The molecule has 0 fully saturated rings. The van der Waals surface area contributed by atoms with Crippen LogP contribution in [0.5, 0.6) is 5.75 Å². The van der Waals surface area contributed by atoms with Crippen molar-refractivity contribution >= 4 is 11.0 Å². The summed E-state index contributed by atoms with van der Waals surface area (Å²) in [6, 6.07) is 19.3. The second kappa shape index (κ2) is 6.36. The van der Waals surface area contributed by atoms with E-state index in [1.165, 1.54) is 12.1 Å². The van der Waals surface area contributed by atoms with Crippen molar-refractivity contribution < 1.29 is 13.5 Å². The van der Waals surface area contributed by atoms with Gasteiger partial charge in [0.15, 0.2) is 11.6 Å². The van der Waals surface area contributed by atoms with Crippen LogP contribution in [0.3, 0.4) is 0 Å². The van der Waals surface area contributed by atoms with Gasteiger partial charge in [0, 0.05) is 5.56 Å². The molecule has 0 radical (unpaired) electrons. The average molecular weight is 336 g/mol. The Bertz CT molecular complexity index is 992. The van der Waals surface area contributed by atoms with Crippen LogP contribution in [-0.2, 0) is 6.61 Å². The van der Waals surface area contributed by atoms with E-state index in [0.717, 1.165) is 34.1 Å². The molecule has 1 heterocycles. The predicted octanol–water partition coefficient (Wildman–Crippen LogP) is 5.09. The Morgan fingerprint density at radius 2 is 1.68 bits per heavy atom. The first-order chi connectivity index (χ1) is 12.2. The van der Waals surface area contributed by atoms with Crippen LogP contribution in [0.15, 0.2) is 66.7 Å². The third-order valence-electron chi connectivity index (χ3n) is 3.93. The van der Waals surface area contributed by atoms with Crippen LogP contribution in [0.1, 0.15) is 5.56 Å². The van der Waals surface area contributed by atoms with Gasteiger partial charge in [-0.15, -0.1) is 0 Å². The molecule has 0 aliphatic carbocycles. The standard InChI is InChI=1S/C20H14F2N2O/c21-15-4-3-7-18(19(15)22)25-12-13-8-10-14(11-9-13)20-23-16-5-1-2-6-17(16)24-20/h1-11H,12H2,(H,23,24). The molecule has 0 amide bonds. The number of para-hydroxylation sites is 2. The van der Waals surface area contributed by atoms with Gasteiger partial charge in [-0.1, -0.05) is 42.5 Å². The van der Waals surface area contributed by atoms with E-state index in [4.69, 9.17) is 4.74 Å². The highest BCUT2D eigenvalue weighted by Gasteiger charge is 2.09. The average Bonchev–Trinajstić information content (AvgIpc) is 3.07. The number of H-pyrrole nitrogens is 1. The summed E-state index contributed by atoms with van der Waals surface area (Å²) in [5, 5.41) is 0. The number of hydrogen-bond acceptors (Lipinski definition) is 2. The molecule has 3 nitrogen and oxygen atoms in total. The van der Waals surface area contributed by atoms with E-state index in [-0.39, 0.29) is 12.4 Å². The third kappa shape index (κ3) is 3.08. The van der Waals surface area contributed by atoms with E-state index >= 15 is 0 Å². The van der Waals surface area contributed by atoms with Crippen molar-refractivity contribution in [3.05, 3.63) is 83.9 Å². The SMILES string of the molecule is Fc1cccc(OCc2ccc(-c3nc4ccccc4[nH]3)cc2)c1F. The van der Waals surface area contributed by atoms with E-state index in [9.17, 15) is 8.78 Å². The Kier molecular flexibility index (Phi) is 3.90. The van der Waals surface area contributed by atoms with Crippen LogP contribution in [-0.4, -0.2) is 9.97 Å². The van der Waals surface area contributed by atoms with Gasteiger partial charge in [-0.2, -0.15) is 4.39 Å². The van der Waals surface area contributed by atoms with Crippen molar-refractivity contribution in [2.75, 3.05) is 0 Å². The van der Waals surface area contributed by atoms with Crippen LogP contribution in [0.25, 0.3) is 22.4 Å². The quantitative estimate of drug-likeness (QED) is 0.564. The molecule has 25 heavy (non-hydrogen) atoms. The number of hydrogen-bond donors (Lipinski definition) is 1. The summed E-state index contributed by atoms with van der Waals surface area (Å²) in [5.41, 5.74) is 3.68. The van der Waals surface area contributed by atoms with Crippen LogP contribution < -0.4 is 4.74 Å². The lowest BCUT2D eigenvalue weighted by Crippen LogP contribution is -1.98. The fourth-order valence-corrected chi connectivity index (χ4v) is 2.60. The van der Waals surface area contributed by atoms with E-state index in [0.29, 0.717) is 0 Å². The highest BCUT2D eigenvalue weighted by molar-refractivity contribution is 5.79. The first-order valence-electron chi connectivity index (χ1n) is 7.81. The van der Waals surface area contributed by atoms with Gasteiger partial charge in [-0.25, -0.2) is 9.37 Å². The van der Waals surface area contributed by atoms with Gasteiger partial charge in [0.05, 0.1) is 11.0 Å². The fourth-order valence-electron chi connectivity index (χ4n) is 2.60. The normalized spacial score (nSPS) is 11.0. The van der Waals surface area contributed by atoms with Crippen molar-refractivity contribution in [1.82, 2.24) is 9.97 Å². The maximum Gasteiger partial charge on any atom is 0.200 e. The maximum atomic E-state index is 13.6. The molecule has 0 aliphatic heterocycles. The molecule has 124 valence electrons. The van der Waals surface area contributed by atoms with Gasteiger partial charge in [-0.3, -0.25) is 0 Å². The molecule has 0 spiro atoms. The second-order valence-corrected chi connectivity index (χ2v) is 5.64. The summed E-state index contributed by atoms with van der Waals surface area (Å²) in [6.07, 6.45) is 0. The molecule has 0 bridgehead atoms. The highest BCUT2D eigenvalue weighted by Crippen LogP contribution is 2.23. The highest BCUT2D eigenvalue weighted by atomic mass is 19.2. The molecule has 5 heteroatoms. The van der Waals surface area contributed by atoms with Gasteiger partial charge >= 0.3 is 0 Å². The van der Waals surface area contributed by atoms with Crippen molar-refractivity contribution in [2.24, 2.45) is 0 Å². The molecule has 4 rings (SSSR count). The summed E-state index contributed by atoms with van der Waals surface area (Å²) in [5.74, 6) is -1.20. The Balaban J connectivity index is 1.51. The van der Waals surface area contributed by atoms with Crippen molar-refractivity contribution in [3.63, 3.8) is 0 Å². The lowest BCUT2D eigenvalue weighted by Gasteiger charge is -2.08. The van der Waals surface area contributed by atoms with Gasteiger partial charge in [0.25, 0.3) is 0 Å². The summed E-state index contributed by atoms with van der Waals surface area (Å²) < 4.78 is 32.1. The van der Waals surface area contributed by atoms with E-state index in [2.05, 4.69) is 9.97 Å². The number of aromatic amines is 1. The number of halogens is 2. The number of rotatable bonds is 4. The molecular formula is C20H14F2N2O. The molecular weight excluding hydrogens is 322 g/mol. The topological polar surface area (TPSA) is 37.9 Å². The number of ether oxygens (including phenoxy) is 1. The van der Waals surface area contributed by atoms with E-state index in [1.807, 2.05) is 48.5 Å². The van der Waals surface area contributed by atoms with Crippen molar-refractivity contribution in [1.29, 1.82) is 0 Å². The van der Waals surface area contributed by atoms with Crippen LogP contribution in [0.2, 0.25) is 0 Å². The number of nitrogens with one attached hydrogen (secondary N) is 1. The molecule has 0 saturated carbocycles. The Morgan fingerprint density at radius 3 is 2.48 bits per heavy atom. The predicted molar refractivity (Wildman–Crippen MR) is 92.2 cm³/mol. The van der Waals surface area contributed by atoms with E-state index in [1.54, 1.807) is 0 Å². The Hall–Kier alpha value is -3.21. The first kappa shape index (κ1) is 15.3. The monoisotopic (exact) mass is 336 g/mol. The minimum absolute atomic E-state index is 0.0960. The lowest BCUT2D eigenvalue weighted by molar-refractivity contribution is 0.284. The molecule has 3 aromatic carbocycles. The van der Waals surface area contributed by atoms with Crippen molar-refractivity contribution in [2.45, 2.75) is 6.61 Å². The molecule has 0 aliphatic rings. The second-order valence-electron chi connectivity index (χ2n) is 5.64. The zero-order valence-corrected chi connectivity index (χ0v) is 13.2. The van der Waals surface area contributed by atoms with Gasteiger partial charge in [-0.05, 0) is 29.8 Å². The Morgan fingerprint density at radius 1 is 0.880 bits per heavy atom. The third-order valence-corrected chi connectivity index (χ3v) is 3.93. The van der Waals surface area contributed by atoms with E-state index < -0.39 is 11.6 Å². The van der Waals surface area contributed by atoms with Gasteiger partial charge < -0.3 is 9.72 Å². The van der Waals surface area contributed by atoms with Gasteiger partial charge in [0.2, 0.25) is 5.82 Å². The number of nitrogens with zero attached hydrogens (tertiary/aromatic N) is 1. The number of aromatic nitrogens is 2. The molecule has 0 saturated heterocycles. The summed E-state index contributed by atoms with van der Waals surface area (Å²) >= 11 is 0. The lowest BCUT2D eigenvalue weighted by atomic mass is 10.1. The number of fused-ring (bicyclic) bond motifs is 1. The Labute approximate surface area is 142 Å². The minimum atomic E-state index is -0.971. The largest absolute Gasteiger partial charge is 0.486 e. The number of imidazole rings is 1. The summed E-state index contributed by atoms with van der Waals surface area (Å²) in [6.45, 7) is 0.154. The fraction of sp³-hybridized carbons (Fsp3) is 0.0500. The van der Waals surface area contributed by atoms with Crippen LogP contribution in [0, 0.1) is 11.6 Å². The van der Waals surface area contributed by atoms with Crippen molar-refractivity contribution in [3.8, 4) is 17.1 Å². The minimum Gasteiger partial charge on any atom is -0.486 e. The summed E-state index contributed by atoms with van der Waals surface area (Å²) in [7, 11) is 0. The van der Waals surface area contributed by atoms with Gasteiger partial charge in [0.1, 0.15) is 12.4 Å². The number of benzene rings is 3. The smallest absolute Gasteiger partial charge is 0.200 e. The molecule has 4 aromatic rings. The molecule has 0 unspecified atom stereocenters. The molecule has 0 atom stereocenters. The molecule has 1 aromatic heterocycles. The summed E-state index contributed by atoms with van der Waals surface area (Å²) in [4.78, 5) is 7.82. The van der Waals surface area contributed by atoms with Crippen LogP contribution in [0.4, 0.5) is 8.78 Å². The van der Waals surface area contributed by atoms with Crippen LogP contribution >= 0.6 is 0 Å².